The average molecular weight is 728 g/mol. The summed E-state index contributed by atoms with van der Waals surface area (Å²) in [5.41, 5.74) is 3.19. The first-order valence-electron chi connectivity index (χ1n) is 18.4. The molecule has 13 heteroatoms. The van der Waals surface area contributed by atoms with E-state index in [0.29, 0.717) is 50.1 Å². The average Bonchev–Trinajstić information content (AvgIpc) is 3.66. The minimum Gasteiger partial charge on any atom is -0.497 e. The predicted molar refractivity (Wildman–Crippen MR) is 196 cm³/mol. The first-order valence-corrected chi connectivity index (χ1v) is 19.4. The van der Waals surface area contributed by atoms with Crippen LogP contribution in [-0.4, -0.2) is 97.3 Å². The summed E-state index contributed by atoms with van der Waals surface area (Å²) in [4.78, 5) is 60.7. The standard InChI is InChI=1S/C38H57N5O7S/c1-25(2)31(37(47)39-3)22-34(44)32(19-26-8-6-5-7-9-26)41-38(48)33(21-29-23-51-24-40-29)42-36(46)28(18-27-10-12-30(49-4)13-11-27)20-35(45)43-14-16-50-17-15-43/h10-13,23-26,28,31-34,44H,5-9,14-22H2,1-4H3,(H,39,47)(H,41,48)(H,42,46)/t28?,31-,32-,33-,34-/m0/s1. The van der Waals surface area contributed by atoms with Crippen molar-refractivity contribution in [1.82, 2.24) is 25.8 Å². The van der Waals surface area contributed by atoms with Crippen LogP contribution in [0.4, 0.5) is 0 Å². The van der Waals surface area contributed by atoms with Crippen molar-refractivity contribution in [2.24, 2.45) is 23.7 Å². The van der Waals surface area contributed by atoms with Crippen LogP contribution in [-0.2, 0) is 36.8 Å². The number of nitrogens with one attached hydrogen (secondary N) is 3. The topological polar surface area (TPSA) is 159 Å². The van der Waals surface area contributed by atoms with Crippen molar-refractivity contribution in [3.05, 3.63) is 46.4 Å². The van der Waals surface area contributed by atoms with E-state index in [9.17, 15) is 24.3 Å². The molecule has 1 aliphatic carbocycles. The van der Waals surface area contributed by atoms with E-state index in [-0.39, 0.29) is 43.4 Å². The lowest BCUT2D eigenvalue weighted by Crippen LogP contribution is -2.55. The zero-order valence-corrected chi connectivity index (χ0v) is 31.4. The number of carbonyl (C=O) groups excluding carboxylic acids is 4. The number of nitrogens with zero attached hydrogens (tertiary/aromatic N) is 2. The highest BCUT2D eigenvalue weighted by molar-refractivity contribution is 7.07. The summed E-state index contributed by atoms with van der Waals surface area (Å²) in [6.07, 6.45) is 5.65. The fraction of sp³-hybridized carbons (Fsp3) is 0.658. The van der Waals surface area contributed by atoms with Gasteiger partial charge in [-0.1, -0.05) is 58.1 Å². The van der Waals surface area contributed by atoms with Crippen molar-refractivity contribution in [1.29, 1.82) is 0 Å². The molecule has 5 atom stereocenters. The van der Waals surface area contributed by atoms with Gasteiger partial charge in [-0.2, -0.15) is 0 Å². The molecular weight excluding hydrogens is 671 g/mol. The molecule has 2 heterocycles. The van der Waals surface area contributed by atoms with Gasteiger partial charge in [0.05, 0.1) is 49.6 Å². The van der Waals surface area contributed by atoms with E-state index in [2.05, 4.69) is 20.9 Å². The Morgan fingerprint density at radius 3 is 2.31 bits per heavy atom. The quantitative estimate of drug-likeness (QED) is 0.182. The van der Waals surface area contributed by atoms with Crippen LogP contribution in [0.1, 0.15) is 76.5 Å². The highest BCUT2D eigenvalue weighted by Crippen LogP contribution is 2.30. The molecule has 2 aliphatic rings. The maximum atomic E-state index is 14.2. The lowest BCUT2D eigenvalue weighted by Gasteiger charge is -2.33. The Bertz CT molecular complexity index is 1380. The van der Waals surface area contributed by atoms with Gasteiger partial charge in [0.15, 0.2) is 0 Å². The van der Waals surface area contributed by atoms with Crippen LogP contribution in [0.2, 0.25) is 0 Å². The highest BCUT2D eigenvalue weighted by Gasteiger charge is 2.35. The number of hydrogen-bond acceptors (Lipinski definition) is 9. The zero-order valence-electron chi connectivity index (χ0n) is 30.6. The van der Waals surface area contributed by atoms with E-state index in [1.54, 1.807) is 24.6 Å². The van der Waals surface area contributed by atoms with Crippen LogP contribution < -0.4 is 20.7 Å². The molecular formula is C38H57N5O7S. The van der Waals surface area contributed by atoms with Gasteiger partial charge < -0.3 is 35.4 Å². The number of hydrogen-bond donors (Lipinski definition) is 4. The molecule has 282 valence electrons. The van der Waals surface area contributed by atoms with Gasteiger partial charge >= 0.3 is 0 Å². The summed E-state index contributed by atoms with van der Waals surface area (Å²) in [6, 6.07) is 5.77. The first-order chi connectivity index (χ1) is 24.6. The zero-order chi connectivity index (χ0) is 36.8. The Morgan fingerprint density at radius 2 is 1.71 bits per heavy atom. The van der Waals surface area contributed by atoms with E-state index in [1.165, 1.54) is 17.8 Å². The Kier molecular flexibility index (Phi) is 16.2. The van der Waals surface area contributed by atoms with Gasteiger partial charge in [0.1, 0.15) is 11.8 Å². The molecule has 1 unspecified atom stereocenters. The molecule has 4 rings (SSSR count). The molecule has 1 aromatic heterocycles. The van der Waals surface area contributed by atoms with Crippen LogP contribution in [0.25, 0.3) is 0 Å². The van der Waals surface area contributed by atoms with Crippen molar-refractivity contribution in [3.8, 4) is 5.75 Å². The summed E-state index contributed by atoms with van der Waals surface area (Å²) < 4.78 is 10.7. The summed E-state index contributed by atoms with van der Waals surface area (Å²) in [5.74, 6) is -1.29. The molecule has 1 saturated carbocycles. The smallest absolute Gasteiger partial charge is 0.243 e. The number of benzene rings is 1. The van der Waals surface area contributed by atoms with Gasteiger partial charge in [-0.3, -0.25) is 19.2 Å². The van der Waals surface area contributed by atoms with Crippen LogP contribution in [0.15, 0.2) is 35.2 Å². The Balaban J connectivity index is 1.56. The Morgan fingerprint density at radius 1 is 1.00 bits per heavy atom. The van der Waals surface area contributed by atoms with Gasteiger partial charge in [-0.05, 0) is 48.8 Å². The van der Waals surface area contributed by atoms with E-state index >= 15 is 0 Å². The third kappa shape index (κ3) is 12.6. The molecule has 2 aromatic rings. The molecule has 1 saturated heterocycles. The lowest BCUT2D eigenvalue weighted by atomic mass is 9.81. The van der Waals surface area contributed by atoms with Crippen molar-refractivity contribution < 1.29 is 33.8 Å². The number of ether oxygens (including phenoxy) is 2. The van der Waals surface area contributed by atoms with Crippen LogP contribution >= 0.6 is 11.3 Å². The van der Waals surface area contributed by atoms with Crippen LogP contribution in [0.5, 0.6) is 5.75 Å². The molecule has 0 bridgehead atoms. The minimum absolute atomic E-state index is 0.00913. The predicted octanol–water partition coefficient (Wildman–Crippen LogP) is 3.51. The number of carbonyl (C=O) groups is 4. The summed E-state index contributed by atoms with van der Waals surface area (Å²) in [6.45, 7) is 5.73. The van der Waals surface area contributed by atoms with Crippen molar-refractivity contribution in [2.75, 3.05) is 40.5 Å². The number of aliphatic hydroxyl groups is 1. The SMILES string of the molecule is CNC(=O)[C@@H](C[C@H](O)[C@H](CC1CCCCC1)NC(=O)[C@H](Cc1cscn1)NC(=O)C(CC(=O)N1CCOCC1)Cc1ccc(OC)cc1)C(C)C. The van der Waals surface area contributed by atoms with Crippen LogP contribution in [0, 0.1) is 23.7 Å². The van der Waals surface area contributed by atoms with Gasteiger partial charge in [0.2, 0.25) is 23.6 Å². The van der Waals surface area contributed by atoms with Crippen molar-refractivity contribution >= 4 is 35.0 Å². The second-order valence-corrected chi connectivity index (χ2v) is 15.0. The number of thiazole rings is 1. The number of morpholine rings is 1. The monoisotopic (exact) mass is 727 g/mol. The Hall–Kier alpha value is -3.55. The molecule has 12 nitrogen and oxygen atoms in total. The summed E-state index contributed by atoms with van der Waals surface area (Å²) >= 11 is 1.40. The molecule has 4 N–H and O–H groups in total. The van der Waals surface area contributed by atoms with Gasteiger partial charge in [0.25, 0.3) is 0 Å². The molecule has 1 aromatic carbocycles. The second-order valence-electron chi connectivity index (χ2n) is 14.3. The van der Waals surface area contributed by atoms with Crippen molar-refractivity contribution in [2.45, 2.75) is 96.2 Å². The fourth-order valence-corrected chi connectivity index (χ4v) is 7.74. The second kappa shape index (κ2) is 20.5. The molecule has 1 aliphatic heterocycles. The summed E-state index contributed by atoms with van der Waals surface area (Å²) in [5, 5.41) is 22.3. The summed E-state index contributed by atoms with van der Waals surface area (Å²) in [7, 11) is 3.18. The van der Waals surface area contributed by atoms with E-state index in [4.69, 9.17) is 9.47 Å². The fourth-order valence-electron chi connectivity index (χ4n) is 7.17. The van der Waals surface area contributed by atoms with Gasteiger partial charge in [0, 0.05) is 44.3 Å². The normalized spacial score (nSPS) is 18.3. The number of aromatic nitrogens is 1. The minimum atomic E-state index is -1.00. The number of methoxy groups -OCH3 is 1. The third-order valence-corrected chi connectivity index (χ3v) is 10.9. The number of aliphatic hydroxyl groups excluding tert-OH is 1. The third-order valence-electron chi connectivity index (χ3n) is 10.3. The molecule has 0 radical (unpaired) electrons. The highest BCUT2D eigenvalue weighted by atomic mass is 32.1. The van der Waals surface area contributed by atoms with E-state index in [1.807, 2.05) is 43.5 Å². The molecule has 4 amide bonds. The van der Waals surface area contributed by atoms with Gasteiger partial charge in [-0.25, -0.2) is 4.98 Å². The molecule has 0 spiro atoms. The maximum Gasteiger partial charge on any atom is 0.243 e. The molecule has 2 fully saturated rings. The van der Waals surface area contributed by atoms with Gasteiger partial charge in [-0.15, -0.1) is 11.3 Å². The largest absolute Gasteiger partial charge is 0.497 e. The number of amides is 4. The van der Waals surface area contributed by atoms with E-state index < -0.39 is 41.8 Å². The molecule has 51 heavy (non-hydrogen) atoms. The van der Waals surface area contributed by atoms with Crippen LogP contribution in [0.3, 0.4) is 0 Å². The van der Waals surface area contributed by atoms with E-state index in [0.717, 1.165) is 31.2 Å². The Labute approximate surface area is 306 Å². The first kappa shape index (κ1) is 40.2. The van der Waals surface area contributed by atoms with Crippen molar-refractivity contribution in [3.63, 3.8) is 0 Å². The lowest BCUT2D eigenvalue weighted by molar-refractivity contribution is -0.140. The number of rotatable bonds is 18. The maximum absolute atomic E-state index is 14.2.